The number of nitrogens with one attached hydrogen (secondary N) is 1. The summed E-state index contributed by atoms with van der Waals surface area (Å²) in [4.78, 5) is 11.9. The van der Waals surface area contributed by atoms with Gasteiger partial charge in [0.15, 0.2) is 0 Å². The molecule has 0 saturated heterocycles. The quantitative estimate of drug-likeness (QED) is 0.854. The second-order valence-electron chi connectivity index (χ2n) is 4.69. The molecule has 1 amide bonds. The molecule has 4 nitrogen and oxygen atoms in total. The zero-order valence-corrected chi connectivity index (χ0v) is 12.0. The van der Waals surface area contributed by atoms with Gasteiger partial charge in [-0.1, -0.05) is 67.2 Å². The zero-order chi connectivity index (χ0) is 15.8. The Bertz CT molecular complexity index is 675. The predicted octanol–water partition coefficient (Wildman–Crippen LogP) is 3.73. The van der Waals surface area contributed by atoms with Gasteiger partial charge in [-0.3, -0.25) is 0 Å². The summed E-state index contributed by atoms with van der Waals surface area (Å²) in [5, 5.41) is 11.7. The largest absolute Gasteiger partial charge is 0.445 e. The van der Waals surface area contributed by atoms with Crippen molar-refractivity contribution in [1.29, 1.82) is 5.26 Å². The molecule has 110 valence electrons. The molecule has 0 aliphatic carbocycles. The number of carbonyl (C=O) groups excluding carboxylic acids is 1. The molecule has 0 fully saturated rings. The first-order valence-electron chi connectivity index (χ1n) is 6.82. The molecule has 0 bridgehead atoms. The van der Waals surface area contributed by atoms with E-state index in [1.165, 1.54) is 0 Å². The molecule has 1 N–H and O–H groups in total. The molecule has 1 unspecified atom stereocenters. The molecule has 4 heteroatoms. The van der Waals surface area contributed by atoms with Crippen LogP contribution in [0.25, 0.3) is 0 Å². The van der Waals surface area contributed by atoms with Gasteiger partial charge in [0.1, 0.15) is 6.61 Å². The molecule has 0 heterocycles. The van der Waals surface area contributed by atoms with Gasteiger partial charge in [-0.25, -0.2) is 4.79 Å². The van der Waals surface area contributed by atoms with E-state index in [1.54, 1.807) is 0 Å². The van der Waals surface area contributed by atoms with Gasteiger partial charge in [0, 0.05) is 5.57 Å². The molecule has 2 rings (SSSR count). The maximum atomic E-state index is 11.9. The summed E-state index contributed by atoms with van der Waals surface area (Å²) >= 11 is 0. The van der Waals surface area contributed by atoms with E-state index in [9.17, 15) is 4.79 Å². The number of rotatable bonds is 5. The molecule has 2 aromatic carbocycles. The summed E-state index contributed by atoms with van der Waals surface area (Å²) < 4.78 is 5.17. The summed E-state index contributed by atoms with van der Waals surface area (Å²) in [5.41, 5.74) is 1.93. The summed E-state index contributed by atoms with van der Waals surface area (Å²) in [6, 6.07) is 20.0. The Morgan fingerprint density at radius 1 is 1.14 bits per heavy atom. The van der Waals surface area contributed by atoms with Crippen LogP contribution in [0, 0.1) is 11.3 Å². The lowest BCUT2D eigenvalue weighted by Crippen LogP contribution is -2.29. The number of ether oxygens (including phenoxy) is 1. The van der Waals surface area contributed by atoms with Crippen molar-refractivity contribution in [3.05, 3.63) is 83.9 Å². The third kappa shape index (κ3) is 4.22. The number of hydrogen-bond donors (Lipinski definition) is 1. The maximum Gasteiger partial charge on any atom is 0.408 e. The standard InChI is InChI=1S/C18H16N2O2/c1-14(12-19)17(16-10-6-3-7-11-16)20-18(21)22-13-15-8-4-2-5-9-15/h2-11,17H,1,13H2,(H,20,21). The lowest BCUT2D eigenvalue weighted by molar-refractivity contribution is 0.137. The first kappa shape index (κ1) is 15.3. The van der Waals surface area contributed by atoms with Crippen molar-refractivity contribution in [1.82, 2.24) is 5.32 Å². The van der Waals surface area contributed by atoms with Crippen molar-refractivity contribution >= 4 is 6.09 Å². The minimum atomic E-state index is -0.589. The van der Waals surface area contributed by atoms with Gasteiger partial charge in [0.25, 0.3) is 0 Å². The normalized spacial score (nSPS) is 11.0. The van der Waals surface area contributed by atoms with E-state index in [0.717, 1.165) is 11.1 Å². The Hall–Kier alpha value is -3.06. The highest BCUT2D eigenvalue weighted by Crippen LogP contribution is 2.19. The average molecular weight is 292 g/mol. The third-order valence-corrected chi connectivity index (χ3v) is 3.10. The van der Waals surface area contributed by atoms with Crippen LogP contribution in [0.4, 0.5) is 4.79 Å². The Balaban J connectivity index is 2.00. The van der Waals surface area contributed by atoms with E-state index in [0.29, 0.717) is 0 Å². The summed E-state index contributed by atoms with van der Waals surface area (Å²) in [7, 11) is 0. The van der Waals surface area contributed by atoms with Gasteiger partial charge in [0.05, 0.1) is 12.1 Å². The highest BCUT2D eigenvalue weighted by atomic mass is 16.5. The molecule has 1 atom stereocenters. The topological polar surface area (TPSA) is 62.1 Å². The maximum absolute atomic E-state index is 11.9. The SMILES string of the molecule is C=C(C#N)C(NC(=O)OCc1ccccc1)c1ccccc1. The Labute approximate surface area is 129 Å². The van der Waals surface area contributed by atoms with Crippen LogP contribution in [0.5, 0.6) is 0 Å². The van der Waals surface area contributed by atoms with Crippen molar-refractivity contribution < 1.29 is 9.53 Å². The molecule has 0 spiro atoms. The number of carbonyl (C=O) groups is 1. The summed E-state index contributed by atoms with van der Waals surface area (Å²) in [6.07, 6.45) is -0.589. The van der Waals surface area contributed by atoms with E-state index in [2.05, 4.69) is 11.9 Å². The van der Waals surface area contributed by atoms with Crippen LogP contribution in [0.2, 0.25) is 0 Å². The molecule has 0 radical (unpaired) electrons. The molecule has 22 heavy (non-hydrogen) atoms. The number of nitriles is 1. The molecule has 0 aliphatic rings. The first-order valence-corrected chi connectivity index (χ1v) is 6.82. The molecule has 0 aliphatic heterocycles. The van der Waals surface area contributed by atoms with Crippen LogP contribution >= 0.6 is 0 Å². The fraction of sp³-hybridized carbons (Fsp3) is 0.111. The van der Waals surface area contributed by atoms with Crippen LogP contribution in [0.3, 0.4) is 0 Å². The van der Waals surface area contributed by atoms with Crippen molar-refractivity contribution in [3.8, 4) is 6.07 Å². The van der Waals surface area contributed by atoms with Crippen LogP contribution in [0.1, 0.15) is 17.2 Å². The van der Waals surface area contributed by atoms with Crippen molar-refractivity contribution in [3.63, 3.8) is 0 Å². The van der Waals surface area contributed by atoms with Crippen LogP contribution in [-0.4, -0.2) is 6.09 Å². The Kier molecular flexibility index (Phi) is 5.33. The lowest BCUT2D eigenvalue weighted by Gasteiger charge is -2.17. The van der Waals surface area contributed by atoms with E-state index in [-0.39, 0.29) is 12.2 Å². The molecule has 0 saturated carbocycles. The highest BCUT2D eigenvalue weighted by molar-refractivity contribution is 5.69. The van der Waals surface area contributed by atoms with Crippen molar-refractivity contribution in [2.75, 3.05) is 0 Å². The minimum Gasteiger partial charge on any atom is -0.445 e. The van der Waals surface area contributed by atoms with E-state index >= 15 is 0 Å². The fourth-order valence-electron chi connectivity index (χ4n) is 1.96. The van der Waals surface area contributed by atoms with E-state index in [1.807, 2.05) is 66.7 Å². The van der Waals surface area contributed by atoms with Crippen LogP contribution < -0.4 is 5.32 Å². The Morgan fingerprint density at radius 3 is 2.32 bits per heavy atom. The van der Waals surface area contributed by atoms with Gasteiger partial charge >= 0.3 is 6.09 Å². The number of hydrogen-bond acceptors (Lipinski definition) is 3. The number of alkyl carbamates (subject to hydrolysis) is 1. The number of nitrogens with zero attached hydrogens (tertiary/aromatic N) is 1. The smallest absolute Gasteiger partial charge is 0.408 e. The van der Waals surface area contributed by atoms with E-state index < -0.39 is 12.1 Å². The van der Waals surface area contributed by atoms with Crippen LogP contribution in [-0.2, 0) is 11.3 Å². The van der Waals surface area contributed by atoms with Gasteiger partial charge in [-0.2, -0.15) is 5.26 Å². The number of amides is 1. The van der Waals surface area contributed by atoms with Gasteiger partial charge in [-0.15, -0.1) is 0 Å². The summed E-state index contributed by atoms with van der Waals surface area (Å²) in [6.45, 7) is 3.86. The molecular weight excluding hydrogens is 276 g/mol. The molecule has 0 aromatic heterocycles. The minimum absolute atomic E-state index is 0.174. The lowest BCUT2D eigenvalue weighted by atomic mass is 10.0. The van der Waals surface area contributed by atoms with Crippen molar-refractivity contribution in [2.45, 2.75) is 12.6 Å². The van der Waals surface area contributed by atoms with E-state index in [4.69, 9.17) is 10.00 Å². The van der Waals surface area contributed by atoms with Crippen LogP contribution in [0.15, 0.2) is 72.8 Å². The van der Waals surface area contributed by atoms with Crippen molar-refractivity contribution in [2.24, 2.45) is 0 Å². The van der Waals surface area contributed by atoms with Gasteiger partial charge in [-0.05, 0) is 11.1 Å². The number of benzene rings is 2. The van der Waals surface area contributed by atoms with Gasteiger partial charge < -0.3 is 10.1 Å². The zero-order valence-electron chi connectivity index (χ0n) is 12.0. The fourth-order valence-corrected chi connectivity index (χ4v) is 1.96. The molecule has 2 aromatic rings. The highest BCUT2D eigenvalue weighted by Gasteiger charge is 2.18. The Morgan fingerprint density at radius 2 is 1.73 bits per heavy atom. The predicted molar refractivity (Wildman–Crippen MR) is 83.7 cm³/mol. The third-order valence-electron chi connectivity index (χ3n) is 3.10. The second-order valence-corrected chi connectivity index (χ2v) is 4.69. The first-order chi connectivity index (χ1) is 10.7. The average Bonchev–Trinajstić information content (AvgIpc) is 2.59. The molecular formula is C18H16N2O2. The second kappa shape index (κ2) is 7.65. The van der Waals surface area contributed by atoms with Gasteiger partial charge in [0.2, 0.25) is 0 Å². The summed E-state index contributed by atoms with van der Waals surface area (Å²) in [5.74, 6) is 0. The monoisotopic (exact) mass is 292 g/mol.